The SMILES string of the molecule is C=C[Si](C)(C)O[Si](C)(O[Si](C)(C)C=C)O[Si](C)(C)CCC[Si](C)(C)O[Si](C)(C)CC[Si](C)(C)O[Si](C)(O[Si](C)(C)C=C)O[Si](C)(C)C=C. The minimum absolute atomic E-state index is 1.02. The van der Waals surface area contributed by atoms with E-state index >= 15 is 0 Å². The molecule has 0 unspecified atom stereocenters. The van der Waals surface area contributed by atoms with Gasteiger partial charge in [-0.15, -0.1) is 26.3 Å². The summed E-state index contributed by atoms with van der Waals surface area (Å²) in [5.74, 6) is 0. The maximum atomic E-state index is 7.13. The van der Waals surface area contributed by atoms with Crippen molar-refractivity contribution >= 4 is 84.1 Å². The molecule has 0 rings (SSSR count). The van der Waals surface area contributed by atoms with Crippen molar-refractivity contribution in [1.82, 2.24) is 0 Å². The Kier molecular flexibility index (Phi) is 18.1. The van der Waals surface area contributed by atoms with E-state index < -0.39 is 84.1 Å². The van der Waals surface area contributed by atoms with Crippen LogP contribution in [0.15, 0.2) is 49.1 Å². The number of hydrogen-bond acceptors (Lipinski definition) is 7. The van der Waals surface area contributed by atoms with E-state index in [1.54, 1.807) is 0 Å². The van der Waals surface area contributed by atoms with Crippen LogP contribution in [0.2, 0.25) is 142 Å². The van der Waals surface area contributed by atoms with Crippen LogP contribution in [-0.4, -0.2) is 84.1 Å². The van der Waals surface area contributed by atoms with Crippen LogP contribution in [0.1, 0.15) is 6.42 Å². The molecule has 0 spiro atoms. The molecule has 0 amide bonds. The van der Waals surface area contributed by atoms with Crippen molar-refractivity contribution in [2.75, 3.05) is 0 Å². The van der Waals surface area contributed by atoms with Crippen LogP contribution in [-0.2, 0) is 28.8 Å². The molecule has 0 aromatic heterocycles. The van der Waals surface area contributed by atoms with Gasteiger partial charge in [0.05, 0.1) is 0 Å². The van der Waals surface area contributed by atoms with Gasteiger partial charge in [-0.3, -0.25) is 0 Å². The second-order valence-corrected chi connectivity index (χ2v) is 57.8. The van der Waals surface area contributed by atoms with E-state index in [0.717, 1.165) is 30.6 Å². The van der Waals surface area contributed by atoms with E-state index in [9.17, 15) is 0 Å². The van der Waals surface area contributed by atoms with Crippen LogP contribution in [0.3, 0.4) is 0 Å². The van der Waals surface area contributed by atoms with Gasteiger partial charge in [-0.25, -0.2) is 0 Å². The minimum atomic E-state index is -2.93. The largest absolute Gasteiger partial charge is 0.466 e. The fraction of sp³-hybridized carbons (Fsp3) is 0.742. The number of hydrogen-bond donors (Lipinski definition) is 0. The van der Waals surface area contributed by atoms with E-state index in [2.05, 4.69) is 144 Å². The lowest BCUT2D eigenvalue weighted by atomic mass is 10.6. The predicted octanol–water partition coefficient (Wildman–Crippen LogP) is 11.2. The summed E-state index contributed by atoms with van der Waals surface area (Å²) < 4.78 is 47.9. The van der Waals surface area contributed by atoms with Crippen LogP contribution in [0.25, 0.3) is 0 Å². The zero-order valence-electron chi connectivity index (χ0n) is 34.5. The molecule has 0 radical (unpaired) electrons. The fourth-order valence-corrected chi connectivity index (χ4v) is 48.4. The Hall–Kier alpha value is 0.849. The Labute approximate surface area is 308 Å². The molecule has 0 aromatic carbocycles. The average molecular weight is 842 g/mol. The van der Waals surface area contributed by atoms with Crippen LogP contribution in [0.4, 0.5) is 0 Å². The van der Waals surface area contributed by atoms with E-state index in [0.29, 0.717) is 0 Å². The molecule has 48 heavy (non-hydrogen) atoms. The molecule has 17 heteroatoms. The molecule has 0 atom stereocenters. The summed E-state index contributed by atoms with van der Waals surface area (Å²) in [4.78, 5) is 0. The van der Waals surface area contributed by atoms with E-state index in [-0.39, 0.29) is 0 Å². The van der Waals surface area contributed by atoms with Gasteiger partial charge in [-0.05, 0) is 129 Å². The lowest BCUT2D eigenvalue weighted by Gasteiger charge is -2.43. The van der Waals surface area contributed by atoms with Crippen molar-refractivity contribution in [3.05, 3.63) is 49.1 Å². The van der Waals surface area contributed by atoms with Crippen molar-refractivity contribution in [1.29, 1.82) is 0 Å². The number of rotatable bonds is 25. The average Bonchev–Trinajstić information content (AvgIpc) is 2.84. The van der Waals surface area contributed by atoms with Crippen molar-refractivity contribution in [2.45, 2.75) is 148 Å². The summed E-state index contributed by atoms with van der Waals surface area (Å²) in [6, 6.07) is 4.23. The molecular formula is C31H76O7Si10. The normalized spacial score (nSPS) is 15.0. The molecule has 0 bridgehead atoms. The standard InChI is InChI=1S/C31H76O7Si10/c1-23-39(5,6)33-47(21,34-40(7,8)24-2)37-44(15,16)29-27-28-43(13,14)32-45(17,18)30-31-46(19,20)38-48(22,35-41(9,10)25-3)36-42(11,12)26-4/h23-26H,1-4,27-31H2,5-22H3. The first-order chi connectivity index (χ1) is 21.1. The van der Waals surface area contributed by atoms with Gasteiger partial charge in [-0.1, -0.05) is 29.2 Å². The van der Waals surface area contributed by atoms with Gasteiger partial charge in [0.2, 0.25) is 33.3 Å². The van der Waals surface area contributed by atoms with Gasteiger partial charge in [-0.2, -0.15) is 0 Å². The van der Waals surface area contributed by atoms with Crippen molar-refractivity contribution in [3.63, 3.8) is 0 Å². The van der Waals surface area contributed by atoms with Crippen LogP contribution in [0, 0.1) is 0 Å². The van der Waals surface area contributed by atoms with Crippen LogP contribution < -0.4 is 0 Å². The highest BCUT2D eigenvalue weighted by atomic mass is 28.5. The first-order valence-electron chi connectivity index (χ1n) is 17.6. The molecule has 0 fully saturated rings. The molecule has 0 aliphatic rings. The third-order valence-electron chi connectivity index (χ3n) is 8.12. The molecule has 0 aliphatic carbocycles. The lowest BCUT2D eigenvalue weighted by molar-refractivity contribution is 0.261. The van der Waals surface area contributed by atoms with Crippen LogP contribution >= 0.6 is 0 Å². The highest BCUT2D eigenvalue weighted by Crippen LogP contribution is 2.33. The summed E-state index contributed by atoms with van der Waals surface area (Å²) in [6.45, 7) is 56.3. The monoisotopic (exact) mass is 840 g/mol. The van der Waals surface area contributed by atoms with Gasteiger partial charge >= 0.3 is 17.6 Å². The molecule has 0 aromatic rings. The third kappa shape index (κ3) is 20.2. The van der Waals surface area contributed by atoms with E-state index in [4.69, 9.17) is 28.8 Å². The summed E-state index contributed by atoms with van der Waals surface area (Å²) >= 11 is 0. The second-order valence-electron chi connectivity index (χ2n) is 18.1. The zero-order chi connectivity index (χ0) is 38.3. The maximum absolute atomic E-state index is 7.13. The Morgan fingerprint density at radius 3 is 0.771 bits per heavy atom. The topological polar surface area (TPSA) is 64.6 Å². The molecular weight excluding hydrogens is 765 g/mol. The van der Waals surface area contributed by atoms with Gasteiger partial charge in [0.1, 0.15) is 0 Å². The highest BCUT2D eigenvalue weighted by Gasteiger charge is 2.50. The summed E-state index contributed by atoms with van der Waals surface area (Å²) in [6.07, 6.45) is 1.09. The summed E-state index contributed by atoms with van der Waals surface area (Å²) in [5.41, 5.74) is 7.86. The third-order valence-corrected chi connectivity index (χ3v) is 44.7. The van der Waals surface area contributed by atoms with Gasteiger partial charge < -0.3 is 28.8 Å². The highest BCUT2D eigenvalue weighted by molar-refractivity contribution is 6.94. The smallest absolute Gasteiger partial charge is 0.456 e. The fourth-order valence-electron chi connectivity index (χ4n) is 5.70. The predicted molar refractivity (Wildman–Crippen MR) is 235 cm³/mol. The summed E-state index contributed by atoms with van der Waals surface area (Å²) in [7, 11) is -22.4. The first-order valence-corrected chi connectivity index (χ1v) is 46.4. The molecule has 0 saturated carbocycles. The van der Waals surface area contributed by atoms with Gasteiger partial charge in [0.25, 0.3) is 0 Å². The van der Waals surface area contributed by atoms with Crippen molar-refractivity contribution in [2.24, 2.45) is 0 Å². The summed E-state index contributed by atoms with van der Waals surface area (Å²) in [5, 5.41) is 0. The lowest BCUT2D eigenvalue weighted by Crippen LogP contribution is -2.60. The molecule has 282 valence electrons. The van der Waals surface area contributed by atoms with E-state index in [1.807, 2.05) is 22.8 Å². The Balaban J connectivity index is 5.56. The van der Waals surface area contributed by atoms with Crippen molar-refractivity contribution < 1.29 is 28.8 Å². The Bertz CT molecular complexity index is 1050. The van der Waals surface area contributed by atoms with E-state index in [1.165, 1.54) is 0 Å². The van der Waals surface area contributed by atoms with Crippen LogP contribution in [0.5, 0.6) is 0 Å². The quantitative estimate of drug-likeness (QED) is 0.0848. The maximum Gasteiger partial charge on any atom is 0.466 e. The molecule has 7 nitrogen and oxygen atoms in total. The molecule has 0 N–H and O–H groups in total. The molecule has 0 heterocycles. The Morgan fingerprint density at radius 1 is 0.312 bits per heavy atom. The molecule has 0 saturated heterocycles. The molecule has 0 aliphatic heterocycles. The first kappa shape index (κ1) is 48.8. The van der Waals surface area contributed by atoms with Gasteiger partial charge in [0, 0.05) is 13.1 Å². The Morgan fingerprint density at radius 2 is 0.521 bits per heavy atom. The van der Waals surface area contributed by atoms with Crippen molar-refractivity contribution in [3.8, 4) is 0 Å². The second kappa shape index (κ2) is 17.8. The minimum Gasteiger partial charge on any atom is -0.456 e. The zero-order valence-corrected chi connectivity index (χ0v) is 44.5. The van der Waals surface area contributed by atoms with Gasteiger partial charge in [0.15, 0.2) is 33.3 Å².